The van der Waals surface area contributed by atoms with Crippen LogP contribution < -0.4 is 10.9 Å². The molecule has 0 bridgehead atoms. The van der Waals surface area contributed by atoms with Gasteiger partial charge in [0.15, 0.2) is 5.69 Å². The highest BCUT2D eigenvalue weighted by Gasteiger charge is 2.23. The molecule has 1 amide bonds. The third-order valence-corrected chi connectivity index (χ3v) is 5.99. The molecule has 0 aliphatic rings. The number of benzene rings is 2. The molecule has 0 saturated carbocycles. The minimum Gasteiger partial charge on any atom is -0.461 e. The zero-order chi connectivity index (χ0) is 24.2. The maximum atomic E-state index is 13.4. The van der Waals surface area contributed by atoms with Crippen molar-refractivity contribution in [2.45, 2.75) is 6.92 Å². The Balaban J connectivity index is 1.78. The van der Waals surface area contributed by atoms with E-state index < -0.39 is 23.3 Å². The Morgan fingerprint density at radius 2 is 1.94 bits per heavy atom. The number of nitrogens with zero attached hydrogens (tertiary/aromatic N) is 2. The molecule has 10 heteroatoms. The van der Waals surface area contributed by atoms with E-state index in [0.29, 0.717) is 10.6 Å². The van der Waals surface area contributed by atoms with Gasteiger partial charge in [0, 0.05) is 21.9 Å². The summed E-state index contributed by atoms with van der Waals surface area (Å²) in [7, 11) is 0. The number of amides is 1. The topological polar surface area (TPSA) is 90.3 Å². The molecular weight excluding hydrogens is 481 g/mol. The number of halogens is 2. The van der Waals surface area contributed by atoms with Gasteiger partial charge in [-0.05, 0) is 48.9 Å². The second-order valence-corrected chi connectivity index (χ2v) is 8.25. The molecule has 1 N–H and O–H groups in total. The Morgan fingerprint density at radius 1 is 1.21 bits per heavy atom. The third kappa shape index (κ3) is 4.75. The molecule has 0 radical (unpaired) electrons. The maximum Gasteiger partial charge on any atom is 0.359 e. The van der Waals surface area contributed by atoms with E-state index in [1.165, 1.54) is 30.3 Å². The van der Waals surface area contributed by atoms with Crippen molar-refractivity contribution >= 4 is 56.7 Å². The lowest BCUT2D eigenvalue weighted by atomic mass is 10.2. The number of rotatable bonds is 6. The first kappa shape index (κ1) is 23.3. The number of hydrogen-bond donors (Lipinski definition) is 1. The molecule has 0 aliphatic heterocycles. The first-order valence-corrected chi connectivity index (χ1v) is 11.4. The number of ether oxygens (including phenoxy) is 1. The number of thiophene rings is 1. The molecule has 172 valence electrons. The summed E-state index contributed by atoms with van der Waals surface area (Å²) in [5.74, 6) is -1.71. The van der Waals surface area contributed by atoms with Crippen molar-refractivity contribution in [2.24, 2.45) is 0 Å². The SMILES string of the molecule is CCOC(=O)c1nn(-c2ccc(F)cc2)c(=O)c2c(NC(=O)/C=C/c3ccccc3Cl)scc12. The summed E-state index contributed by atoms with van der Waals surface area (Å²) in [6.07, 6.45) is 2.84. The number of fused-ring (bicyclic) bond motifs is 1. The van der Waals surface area contributed by atoms with Gasteiger partial charge in [-0.3, -0.25) is 9.59 Å². The minimum atomic E-state index is -0.724. The fraction of sp³-hybridized carbons (Fsp3) is 0.0833. The van der Waals surface area contributed by atoms with Crippen molar-refractivity contribution in [1.29, 1.82) is 0 Å². The Kier molecular flexibility index (Phi) is 6.85. The van der Waals surface area contributed by atoms with Crippen molar-refractivity contribution in [2.75, 3.05) is 11.9 Å². The van der Waals surface area contributed by atoms with Gasteiger partial charge in [0.05, 0.1) is 17.7 Å². The zero-order valence-corrected chi connectivity index (χ0v) is 19.3. The predicted molar refractivity (Wildman–Crippen MR) is 130 cm³/mol. The monoisotopic (exact) mass is 497 g/mol. The molecule has 0 spiro atoms. The normalized spacial score (nSPS) is 11.1. The average molecular weight is 498 g/mol. The van der Waals surface area contributed by atoms with Crippen molar-refractivity contribution in [1.82, 2.24) is 9.78 Å². The second-order valence-electron chi connectivity index (χ2n) is 6.96. The van der Waals surface area contributed by atoms with Crippen molar-refractivity contribution in [3.05, 3.63) is 92.4 Å². The molecule has 0 unspecified atom stereocenters. The Bertz CT molecular complexity index is 1480. The maximum absolute atomic E-state index is 13.4. The third-order valence-electron chi connectivity index (χ3n) is 4.75. The fourth-order valence-corrected chi connectivity index (χ4v) is 4.32. The minimum absolute atomic E-state index is 0.0897. The Labute approximate surface area is 202 Å². The first-order valence-electron chi connectivity index (χ1n) is 10.1. The smallest absolute Gasteiger partial charge is 0.359 e. The van der Waals surface area contributed by atoms with Crippen LogP contribution in [0.3, 0.4) is 0 Å². The van der Waals surface area contributed by atoms with Gasteiger partial charge in [-0.25, -0.2) is 9.18 Å². The lowest BCUT2D eigenvalue weighted by Crippen LogP contribution is -2.25. The van der Waals surface area contributed by atoms with Crippen LogP contribution in [0.1, 0.15) is 23.0 Å². The van der Waals surface area contributed by atoms with Crippen LogP contribution in [0.2, 0.25) is 5.02 Å². The zero-order valence-electron chi connectivity index (χ0n) is 17.7. The predicted octanol–water partition coefficient (Wildman–Crippen LogP) is 5.07. The highest BCUT2D eigenvalue weighted by atomic mass is 35.5. The van der Waals surface area contributed by atoms with E-state index in [9.17, 15) is 18.8 Å². The van der Waals surface area contributed by atoms with Crippen LogP contribution in [0.5, 0.6) is 0 Å². The molecule has 34 heavy (non-hydrogen) atoms. The van der Waals surface area contributed by atoms with E-state index in [2.05, 4.69) is 10.4 Å². The molecule has 0 fully saturated rings. The van der Waals surface area contributed by atoms with Gasteiger partial charge in [-0.15, -0.1) is 11.3 Å². The van der Waals surface area contributed by atoms with E-state index in [-0.39, 0.29) is 33.8 Å². The average Bonchev–Trinajstić information content (AvgIpc) is 3.23. The van der Waals surface area contributed by atoms with E-state index in [1.54, 1.807) is 42.6 Å². The number of aromatic nitrogens is 2. The van der Waals surface area contributed by atoms with Crippen molar-refractivity contribution < 1.29 is 18.7 Å². The van der Waals surface area contributed by atoms with Crippen molar-refractivity contribution in [3.8, 4) is 5.69 Å². The quantitative estimate of drug-likeness (QED) is 0.297. The van der Waals surface area contributed by atoms with E-state index in [0.717, 1.165) is 16.0 Å². The van der Waals surface area contributed by atoms with Crippen LogP contribution >= 0.6 is 22.9 Å². The summed E-state index contributed by atoms with van der Waals surface area (Å²) in [6, 6.07) is 12.1. The molecule has 2 aromatic carbocycles. The van der Waals surface area contributed by atoms with Gasteiger partial charge in [-0.2, -0.15) is 9.78 Å². The van der Waals surface area contributed by atoms with Crippen LogP contribution in [-0.4, -0.2) is 28.3 Å². The molecule has 4 rings (SSSR count). The highest BCUT2D eigenvalue weighted by molar-refractivity contribution is 7.16. The van der Waals surface area contributed by atoms with Crippen LogP contribution in [0.15, 0.2) is 64.8 Å². The Morgan fingerprint density at radius 3 is 2.65 bits per heavy atom. The van der Waals surface area contributed by atoms with Crippen LogP contribution in [-0.2, 0) is 9.53 Å². The fourth-order valence-electron chi connectivity index (χ4n) is 3.18. The number of carbonyl (C=O) groups is 2. The van der Waals surface area contributed by atoms with Gasteiger partial charge in [-0.1, -0.05) is 29.8 Å². The molecular formula is C24H17ClFN3O4S. The summed E-state index contributed by atoms with van der Waals surface area (Å²) < 4.78 is 19.5. The molecule has 0 saturated heterocycles. The lowest BCUT2D eigenvalue weighted by Gasteiger charge is -2.09. The standard InChI is InChI=1S/C24H17ClFN3O4S/c1-2-33-24(32)21-17-13-34-22(27-19(30)12-7-14-5-3-4-6-18(14)25)20(17)23(31)29(28-21)16-10-8-15(26)9-11-16/h3-13H,2H2,1H3,(H,27,30)/b12-7+. The number of anilines is 1. The molecule has 0 aliphatic carbocycles. The molecule has 2 aromatic heterocycles. The first-order chi connectivity index (χ1) is 16.4. The van der Waals surface area contributed by atoms with Gasteiger partial charge in [0.1, 0.15) is 10.8 Å². The summed E-state index contributed by atoms with van der Waals surface area (Å²) in [5, 5.41) is 9.46. The van der Waals surface area contributed by atoms with Crippen LogP contribution in [0.25, 0.3) is 22.5 Å². The summed E-state index contributed by atoms with van der Waals surface area (Å²) in [5.41, 5.74) is 0.231. The molecule has 2 heterocycles. The Hall–Kier alpha value is -3.82. The summed E-state index contributed by atoms with van der Waals surface area (Å²) in [4.78, 5) is 38.4. The number of nitrogens with one attached hydrogen (secondary N) is 1. The summed E-state index contributed by atoms with van der Waals surface area (Å²) >= 11 is 7.18. The molecule has 7 nitrogen and oxygen atoms in total. The van der Waals surface area contributed by atoms with Gasteiger partial charge in [0.25, 0.3) is 5.56 Å². The number of carbonyl (C=O) groups excluding carboxylic acids is 2. The van der Waals surface area contributed by atoms with E-state index in [1.807, 2.05) is 0 Å². The second kappa shape index (κ2) is 9.98. The highest BCUT2D eigenvalue weighted by Crippen LogP contribution is 2.31. The largest absolute Gasteiger partial charge is 0.461 e. The number of hydrogen-bond acceptors (Lipinski definition) is 6. The summed E-state index contributed by atoms with van der Waals surface area (Å²) in [6.45, 7) is 1.76. The van der Waals surface area contributed by atoms with E-state index in [4.69, 9.17) is 16.3 Å². The lowest BCUT2D eigenvalue weighted by molar-refractivity contribution is -0.111. The number of esters is 1. The van der Waals surface area contributed by atoms with Gasteiger partial charge >= 0.3 is 5.97 Å². The van der Waals surface area contributed by atoms with Gasteiger partial charge in [0.2, 0.25) is 5.91 Å². The molecule has 0 atom stereocenters. The van der Waals surface area contributed by atoms with Gasteiger partial charge < -0.3 is 10.1 Å². The van der Waals surface area contributed by atoms with Crippen molar-refractivity contribution in [3.63, 3.8) is 0 Å². The molecule has 4 aromatic rings. The van der Waals surface area contributed by atoms with Crippen LogP contribution in [0, 0.1) is 5.82 Å². The van der Waals surface area contributed by atoms with E-state index >= 15 is 0 Å². The van der Waals surface area contributed by atoms with Crippen LogP contribution in [0.4, 0.5) is 9.39 Å².